The highest BCUT2D eigenvalue weighted by Gasteiger charge is 2.45. The molecule has 1 N–H and O–H groups in total. The highest BCUT2D eigenvalue weighted by atomic mass is 16.5. The molecular weight excluding hydrogens is 236 g/mol. The molecule has 0 aromatic heterocycles. The standard InChI is InChI=1S/C16H32N2O/c1-4-16(5-2)13-17-15(9-7-6-8-10-15)14-18(16)11-12-19-3/h17H,4-14H2,1-3H3. The molecule has 0 aromatic rings. The van der Waals surface area contributed by atoms with E-state index in [9.17, 15) is 0 Å². The number of nitrogens with one attached hydrogen (secondary N) is 1. The van der Waals surface area contributed by atoms with Crippen LogP contribution in [0, 0.1) is 0 Å². The maximum absolute atomic E-state index is 5.34. The average Bonchev–Trinajstić information content (AvgIpc) is 2.47. The van der Waals surface area contributed by atoms with Gasteiger partial charge in [-0.15, -0.1) is 0 Å². The van der Waals surface area contributed by atoms with Crippen LogP contribution in [0.3, 0.4) is 0 Å². The van der Waals surface area contributed by atoms with Crippen molar-refractivity contribution in [3.05, 3.63) is 0 Å². The third-order valence-electron chi connectivity index (χ3n) is 5.65. The second-order valence-corrected chi connectivity index (χ2v) is 6.54. The minimum Gasteiger partial charge on any atom is -0.383 e. The summed E-state index contributed by atoms with van der Waals surface area (Å²) in [6.07, 6.45) is 9.41. The minimum absolute atomic E-state index is 0.348. The van der Waals surface area contributed by atoms with Crippen molar-refractivity contribution in [2.24, 2.45) is 0 Å². The van der Waals surface area contributed by atoms with E-state index in [0.29, 0.717) is 11.1 Å². The zero-order valence-corrected chi connectivity index (χ0v) is 13.1. The molecular formula is C16H32N2O. The lowest BCUT2D eigenvalue weighted by Crippen LogP contribution is -2.70. The molecule has 3 heteroatoms. The maximum atomic E-state index is 5.34. The number of rotatable bonds is 5. The molecule has 0 atom stereocenters. The van der Waals surface area contributed by atoms with E-state index in [1.807, 2.05) is 7.11 Å². The highest BCUT2D eigenvalue weighted by Crippen LogP contribution is 2.36. The summed E-state index contributed by atoms with van der Waals surface area (Å²) in [5.41, 5.74) is 0.751. The molecule has 1 spiro atoms. The van der Waals surface area contributed by atoms with Gasteiger partial charge >= 0.3 is 0 Å². The normalized spacial score (nSPS) is 26.7. The van der Waals surface area contributed by atoms with E-state index in [2.05, 4.69) is 24.1 Å². The molecule has 1 saturated heterocycles. The van der Waals surface area contributed by atoms with Crippen LogP contribution in [0.25, 0.3) is 0 Å². The lowest BCUT2D eigenvalue weighted by atomic mass is 9.76. The van der Waals surface area contributed by atoms with Crippen LogP contribution in [-0.2, 0) is 4.74 Å². The summed E-state index contributed by atoms with van der Waals surface area (Å²) in [7, 11) is 1.82. The Morgan fingerprint density at radius 1 is 1.11 bits per heavy atom. The van der Waals surface area contributed by atoms with Gasteiger partial charge in [-0.25, -0.2) is 0 Å². The fraction of sp³-hybridized carbons (Fsp3) is 1.00. The molecule has 0 aromatic carbocycles. The van der Waals surface area contributed by atoms with Crippen LogP contribution >= 0.6 is 0 Å². The third kappa shape index (κ3) is 3.14. The fourth-order valence-electron chi connectivity index (χ4n) is 4.08. The smallest absolute Gasteiger partial charge is 0.0589 e. The van der Waals surface area contributed by atoms with Crippen LogP contribution in [0.1, 0.15) is 58.8 Å². The van der Waals surface area contributed by atoms with Gasteiger partial charge in [-0.2, -0.15) is 0 Å². The van der Waals surface area contributed by atoms with E-state index in [1.54, 1.807) is 0 Å². The predicted octanol–water partition coefficient (Wildman–Crippen LogP) is 2.80. The van der Waals surface area contributed by atoms with Gasteiger partial charge in [0.2, 0.25) is 0 Å². The first-order valence-electron chi connectivity index (χ1n) is 8.19. The summed E-state index contributed by atoms with van der Waals surface area (Å²) in [5.74, 6) is 0. The summed E-state index contributed by atoms with van der Waals surface area (Å²) in [5, 5.41) is 3.95. The quantitative estimate of drug-likeness (QED) is 0.830. The van der Waals surface area contributed by atoms with Gasteiger partial charge in [-0.05, 0) is 25.7 Å². The van der Waals surface area contributed by atoms with Crippen molar-refractivity contribution in [1.29, 1.82) is 0 Å². The van der Waals surface area contributed by atoms with E-state index in [1.165, 1.54) is 51.5 Å². The molecule has 1 heterocycles. The van der Waals surface area contributed by atoms with E-state index in [4.69, 9.17) is 4.74 Å². The lowest BCUT2D eigenvalue weighted by molar-refractivity contribution is -0.0261. The van der Waals surface area contributed by atoms with Crippen LogP contribution in [0.4, 0.5) is 0 Å². The SMILES string of the molecule is CCC1(CC)CNC2(CCCCC2)CN1CCOC. The van der Waals surface area contributed by atoms with Crippen molar-refractivity contribution in [3.63, 3.8) is 0 Å². The molecule has 19 heavy (non-hydrogen) atoms. The Bertz CT molecular complexity index is 270. The second-order valence-electron chi connectivity index (χ2n) is 6.54. The van der Waals surface area contributed by atoms with Crippen LogP contribution in [0.2, 0.25) is 0 Å². The molecule has 2 aliphatic rings. The molecule has 0 radical (unpaired) electrons. The molecule has 0 unspecified atom stereocenters. The fourth-order valence-corrected chi connectivity index (χ4v) is 4.08. The first-order valence-corrected chi connectivity index (χ1v) is 8.19. The van der Waals surface area contributed by atoms with Gasteiger partial charge in [-0.3, -0.25) is 4.90 Å². The van der Waals surface area contributed by atoms with Crippen molar-refractivity contribution in [2.75, 3.05) is 33.4 Å². The zero-order chi connectivity index (χ0) is 13.8. The molecule has 1 aliphatic carbocycles. The molecule has 0 amide bonds. The van der Waals surface area contributed by atoms with Crippen molar-refractivity contribution >= 4 is 0 Å². The van der Waals surface area contributed by atoms with Crippen molar-refractivity contribution < 1.29 is 4.74 Å². The Balaban J connectivity index is 2.09. The van der Waals surface area contributed by atoms with Crippen molar-refractivity contribution in [1.82, 2.24) is 10.2 Å². The topological polar surface area (TPSA) is 24.5 Å². The molecule has 112 valence electrons. The monoisotopic (exact) mass is 268 g/mol. The number of hydrogen-bond donors (Lipinski definition) is 1. The first-order chi connectivity index (χ1) is 9.20. The summed E-state index contributed by atoms with van der Waals surface area (Å²) in [4.78, 5) is 2.73. The number of nitrogens with zero attached hydrogens (tertiary/aromatic N) is 1. The van der Waals surface area contributed by atoms with Crippen LogP contribution < -0.4 is 5.32 Å². The Hall–Kier alpha value is -0.120. The predicted molar refractivity (Wildman–Crippen MR) is 80.6 cm³/mol. The third-order valence-corrected chi connectivity index (χ3v) is 5.65. The van der Waals surface area contributed by atoms with Crippen LogP contribution in [-0.4, -0.2) is 49.3 Å². The lowest BCUT2D eigenvalue weighted by Gasteiger charge is -2.55. The number of ether oxygens (including phenoxy) is 1. The summed E-state index contributed by atoms with van der Waals surface area (Å²) in [6, 6.07) is 0. The maximum Gasteiger partial charge on any atom is 0.0589 e. The molecule has 3 nitrogen and oxygen atoms in total. The zero-order valence-electron chi connectivity index (χ0n) is 13.1. The molecule has 2 rings (SSSR count). The Kier molecular flexibility index (Phi) is 5.27. The van der Waals surface area contributed by atoms with Crippen molar-refractivity contribution in [3.8, 4) is 0 Å². The highest BCUT2D eigenvalue weighted by molar-refractivity contribution is 5.05. The summed E-state index contributed by atoms with van der Waals surface area (Å²) < 4.78 is 5.34. The van der Waals surface area contributed by atoms with E-state index in [-0.39, 0.29) is 0 Å². The Morgan fingerprint density at radius 2 is 1.79 bits per heavy atom. The molecule has 1 aliphatic heterocycles. The van der Waals surface area contributed by atoms with E-state index < -0.39 is 0 Å². The second kappa shape index (κ2) is 6.55. The largest absolute Gasteiger partial charge is 0.383 e. The summed E-state index contributed by atoms with van der Waals surface area (Å²) >= 11 is 0. The van der Waals surface area contributed by atoms with Gasteiger partial charge in [0.1, 0.15) is 0 Å². The molecule has 2 fully saturated rings. The van der Waals surface area contributed by atoms with Crippen LogP contribution in [0.5, 0.6) is 0 Å². The van der Waals surface area contributed by atoms with E-state index >= 15 is 0 Å². The number of hydrogen-bond acceptors (Lipinski definition) is 3. The summed E-state index contributed by atoms with van der Waals surface area (Å²) in [6.45, 7) is 8.99. The van der Waals surface area contributed by atoms with Gasteiger partial charge in [0.25, 0.3) is 0 Å². The number of methoxy groups -OCH3 is 1. The minimum atomic E-state index is 0.348. The van der Waals surface area contributed by atoms with Gasteiger partial charge in [0.05, 0.1) is 6.61 Å². The van der Waals surface area contributed by atoms with Crippen LogP contribution in [0.15, 0.2) is 0 Å². The average molecular weight is 268 g/mol. The van der Waals surface area contributed by atoms with Gasteiger partial charge < -0.3 is 10.1 Å². The van der Waals surface area contributed by atoms with Crippen molar-refractivity contribution in [2.45, 2.75) is 69.9 Å². The van der Waals surface area contributed by atoms with Gasteiger partial charge in [0, 0.05) is 37.8 Å². The van der Waals surface area contributed by atoms with E-state index in [0.717, 1.165) is 19.7 Å². The Labute approximate surface area is 119 Å². The molecule has 0 bridgehead atoms. The first kappa shape index (κ1) is 15.3. The Morgan fingerprint density at radius 3 is 2.37 bits per heavy atom. The molecule has 1 saturated carbocycles. The van der Waals surface area contributed by atoms with Gasteiger partial charge in [-0.1, -0.05) is 33.1 Å². The number of piperazine rings is 1. The van der Waals surface area contributed by atoms with Gasteiger partial charge in [0.15, 0.2) is 0 Å².